The molecule has 2 aromatic rings. The average molecular weight is 315 g/mol. The second-order valence-corrected chi connectivity index (χ2v) is 6.11. The van der Waals surface area contributed by atoms with Gasteiger partial charge in [-0.05, 0) is 37.0 Å². The van der Waals surface area contributed by atoms with E-state index in [1.54, 1.807) is 4.90 Å². The van der Waals surface area contributed by atoms with Crippen LogP contribution in [0.4, 0.5) is 4.79 Å². The predicted octanol–water partition coefficient (Wildman–Crippen LogP) is 2.13. The molecule has 1 fully saturated rings. The molecule has 1 aliphatic rings. The number of benzene rings is 1. The monoisotopic (exact) mass is 315 g/mol. The fraction of sp³-hybridized carbons (Fsp3) is 0.412. The number of urea groups is 1. The number of fused-ring (bicyclic) bond motifs is 1. The molecule has 2 heterocycles. The Hall–Kier alpha value is -2.50. The molecule has 1 saturated heterocycles. The Morgan fingerprint density at radius 1 is 1.43 bits per heavy atom. The number of aliphatic carboxylic acids is 1. The van der Waals surface area contributed by atoms with Crippen molar-refractivity contribution in [2.24, 2.45) is 5.92 Å². The Morgan fingerprint density at radius 3 is 3.00 bits per heavy atom. The third kappa shape index (κ3) is 3.31. The SMILES string of the molecule is Cc1ccc2c(CCNC(=O)N3CCC(C(=O)O)C3)c[nH]c2c1. The molecule has 0 spiro atoms. The van der Waals surface area contributed by atoms with Crippen LogP contribution >= 0.6 is 0 Å². The molecule has 0 saturated carbocycles. The van der Waals surface area contributed by atoms with Crippen LogP contribution in [0.5, 0.6) is 0 Å². The minimum atomic E-state index is -0.825. The number of amides is 2. The number of aromatic amines is 1. The number of carboxylic acids is 1. The summed E-state index contributed by atoms with van der Waals surface area (Å²) in [6.45, 7) is 3.40. The van der Waals surface area contributed by atoms with E-state index >= 15 is 0 Å². The minimum absolute atomic E-state index is 0.176. The lowest BCUT2D eigenvalue weighted by Crippen LogP contribution is -2.39. The molecule has 1 aliphatic heterocycles. The lowest BCUT2D eigenvalue weighted by Gasteiger charge is -2.16. The minimum Gasteiger partial charge on any atom is -0.481 e. The fourth-order valence-corrected chi connectivity index (χ4v) is 3.07. The van der Waals surface area contributed by atoms with Crippen LogP contribution in [0.15, 0.2) is 24.4 Å². The molecule has 6 nitrogen and oxygen atoms in total. The molecule has 0 radical (unpaired) electrons. The van der Waals surface area contributed by atoms with Gasteiger partial charge in [-0.3, -0.25) is 4.79 Å². The highest BCUT2D eigenvalue weighted by atomic mass is 16.4. The third-order valence-electron chi connectivity index (χ3n) is 4.42. The van der Waals surface area contributed by atoms with Crippen LogP contribution in [-0.2, 0) is 11.2 Å². The van der Waals surface area contributed by atoms with E-state index in [9.17, 15) is 9.59 Å². The first-order valence-corrected chi connectivity index (χ1v) is 7.87. The number of carbonyl (C=O) groups is 2. The molecule has 3 N–H and O–H groups in total. The van der Waals surface area contributed by atoms with Crippen molar-refractivity contribution in [2.45, 2.75) is 19.8 Å². The molecular formula is C17H21N3O3. The Morgan fingerprint density at radius 2 is 2.26 bits per heavy atom. The summed E-state index contributed by atoms with van der Waals surface area (Å²) in [5, 5.41) is 13.0. The molecule has 6 heteroatoms. The van der Waals surface area contributed by atoms with Crippen molar-refractivity contribution >= 4 is 22.9 Å². The summed E-state index contributed by atoms with van der Waals surface area (Å²) in [5.74, 6) is -1.26. The van der Waals surface area contributed by atoms with E-state index in [0.717, 1.165) is 11.9 Å². The van der Waals surface area contributed by atoms with Crippen LogP contribution in [0.2, 0.25) is 0 Å². The molecule has 0 bridgehead atoms. The van der Waals surface area contributed by atoms with E-state index in [1.807, 2.05) is 6.20 Å². The first-order valence-electron chi connectivity index (χ1n) is 7.87. The molecule has 122 valence electrons. The molecule has 1 aromatic heterocycles. The number of H-pyrrole nitrogens is 1. The van der Waals surface area contributed by atoms with Gasteiger partial charge in [-0.25, -0.2) is 4.79 Å². The molecule has 1 atom stereocenters. The van der Waals surface area contributed by atoms with Crippen LogP contribution in [0.25, 0.3) is 10.9 Å². The number of likely N-dealkylation sites (tertiary alicyclic amines) is 1. The van der Waals surface area contributed by atoms with Crippen molar-refractivity contribution in [1.29, 1.82) is 0 Å². The number of hydrogen-bond donors (Lipinski definition) is 3. The quantitative estimate of drug-likeness (QED) is 0.808. The van der Waals surface area contributed by atoms with Crippen LogP contribution < -0.4 is 5.32 Å². The van der Waals surface area contributed by atoms with Crippen LogP contribution in [0.3, 0.4) is 0 Å². The number of carbonyl (C=O) groups excluding carboxylic acids is 1. The van der Waals surface area contributed by atoms with Crippen molar-refractivity contribution in [3.63, 3.8) is 0 Å². The Labute approximate surface area is 134 Å². The number of nitrogens with one attached hydrogen (secondary N) is 2. The largest absolute Gasteiger partial charge is 0.481 e. The zero-order valence-electron chi connectivity index (χ0n) is 13.1. The number of nitrogens with zero attached hydrogens (tertiary/aromatic N) is 1. The first kappa shape index (κ1) is 15.4. The van der Waals surface area contributed by atoms with E-state index in [2.05, 4.69) is 35.4 Å². The summed E-state index contributed by atoms with van der Waals surface area (Å²) in [6, 6.07) is 6.10. The van der Waals surface area contributed by atoms with Gasteiger partial charge in [0, 0.05) is 36.7 Å². The summed E-state index contributed by atoms with van der Waals surface area (Å²) < 4.78 is 0. The topological polar surface area (TPSA) is 85.4 Å². The van der Waals surface area contributed by atoms with Crippen molar-refractivity contribution in [3.05, 3.63) is 35.5 Å². The first-order chi connectivity index (χ1) is 11.0. The molecule has 0 aliphatic carbocycles. The Kier molecular flexibility index (Phi) is 4.23. The van der Waals surface area contributed by atoms with E-state index in [0.29, 0.717) is 26.1 Å². The van der Waals surface area contributed by atoms with Crippen molar-refractivity contribution in [1.82, 2.24) is 15.2 Å². The van der Waals surface area contributed by atoms with E-state index < -0.39 is 11.9 Å². The summed E-state index contributed by atoms with van der Waals surface area (Å²) in [7, 11) is 0. The van der Waals surface area contributed by atoms with Crippen molar-refractivity contribution in [2.75, 3.05) is 19.6 Å². The predicted molar refractivity (Wildman–Crippen MR) is 87.5 cm³/mol. The van der Waals surface area contributed by atoms with Gasteiger partial charge in [-0.15, -0.1) is 0 Å². The molecule has 23 heavy (non-hydrogen) atoms. The number of rotatable bonds is 4. The summed E-state index contributed by atoms with van der Waals surface area (Å²) in [6.07, 6.45) is 3.25. The number of aryl methyl sites for hydroxylation is 1. The van der Waals surface area contributed by atoms with Gasteiger partial charge in [0.25, 0.3) is 0 Å². The zero-order valence-corrected chi connectivity index (χ0v) is 13.1. The van der Waals surface area contributed by atoms with Gasteiger partial charge in [-0.2, -0.15) is 0 Å². The zero-order chi connectivity index (χ0) is 16.4. The highest BCUT2D eigenvalue weighted by Gasteiger charge is 2.30. The number of aromatic nitrogens is 1. The molecule has 1 aromatic carbocycles. The maximum Gasteiger partial charge on any atom is 0.317 e. The number of hydrogen-bond acceptors (Lipinski definition) is 2. The van der Waals surface area contributed by atoms with Gasteiger partial charge in [0.05, 0.1) is 5.92 Å². The molecular weight excluding hydrogens is 294 g/mol. The molecule has 1 unspecified atom stereocenters. The highest BCUT2D eigenvalue weighted by molar-refractivity contribution is 5.84. The van der Waals surface area contributed by atoms with Gasteiger partial charge in [0.1, 0.15) is 0 Å². The number of carboxylic acid groups (broad SMARTS) is 1. The van der Waals surface area contributed by atoms with E-state index in [4.69, 9.17) is 5.11 Å². The fourth-order valence-electron chi connectivity index (χ4n) is 3.07. The van der Waals surface area contributed by atoms with Crippen LogP contribution in [0.1, 0.15) is 17.5 Å². The van der Waals surface area contributed by atoms with Gasteiger partial charge in [0.15, 0.2) is 0 Å². The maximum atomic E-state index is 12.1. The van der Waals surface area contributed by atoms with E-state index in [1.165, 1.54) is 16.5 Å². The van der Waals surface area contributed by atoms with Gasteiger partial charge in [-0.1, -0.05) is 12.1 Å². The average Bonchev–Trinajstić information content (AvgIpc) is 3.14. The lowest BCUT2D eigenvalue weighted by atomic mass is 10.1. The Balaban J connectivity index is 1.53. The molecule has 3 rings (SSSR count). The van der Waals surface area contributed by atoms with Gasteiger partial charge in [0.2, 0.25) is 0 Å². The second-order valence-electron chi connectivity index (χ2n) is 6.11. The van der Waals surface area contributed by atoms with Crippen molar-refractivity contribution in [3.8, 4) is 0 Å². The maximum absolute atomic E-state index is 12.1. The third-order valence-corrected chi connectivity index (χ3v) is 4.42. The normalized spacial score (nSPS) is 17.6. The van der Waals surface area contributed by atoms with Gasteiger partial charge >= 0.3 is 12.0 Å². The second kappa shape index (κ2) is 6.32. The lowest BCUT2D eigenvalue weighted by molar-refractivity contribution is -0.141. The van der Waals surface area contributed by atoms with Crippen LogP contribution in [-0.4, -0.2) is 46.6 Å². The summed E-state index contributed by atoms with van der Waals surface area (Å²) in [4.78, 5) is 27.8. The smallest absolute Gasteiger partial charge is 0.317 e. The molecule has 2 amide bonds. The highest BCUT2D eigenvalue weighted by Crippen LogP contribution is 2.20. The van der Waals surface area contributed by atoms with Crippen LogP contribution in [0, 0.1) is 12.8 Å². The Bertz CT molecular complexity index is 738. The van der Waals surface area contributed by atoms with Crippen molar-refractivity contribution < 1.29 is 14.7 Å². The standard InChI is InChI=1S/C17H21N3O3/c1-11-2-3-14-12(9-19-15(14)8-11)4-6-18-17(23)20-7-5-13(10-20)16(21)22/h2-3,8-9,13,19H,4-7,10H2,1H3,(H,18,23)(H,21,22). The van der Waals surface area contributed by atoms with E-state index in [-0.39, 0.29) is 6.03 Å². The summed E-state index contributed by atoms with van der Waals surface area (Å²) in [5.41, 5.74) is 3.49. The summed E-state index contributed by atoms with van der Waals surface area (Å²) >= 11 is 0. The van der Waals surface area contributed by atoms with Gasteiger partial charge < -0.3 is 20.3 Å².